The highest BCUT2D eigenvalue weighted by atomic mass is 32.2. The van der Waals surface area contributed by atoms with Crippen molar-refractivity contribution in [3.05, 3.63) is 29.8 Å². The van der Waals surface area contributed by atoms with Crippen LogP contribution in [0, 0.1) is 0 Å². The molecular weight excluding hydrogens is 286 g/mol. The molecule has 1 aliphatic carbocycles. The Balaban J connectivity index is 2.05. The first-order valence-corrected chi connectivity index (χ1v) is 9.17. The van der Waals surface area contributed by atoms with Gasteiger partial charge in [-0.25, -0.2) is 13.1 Å². The van der Waals surface area contributed by atoms with E-state index in [0.29, 0.717) is 12.0 Å². The SMILES string of the molecule is CCCCC(=O)c1ccc(S(=O)(=O)NC2CCCC2)cc1. The zero-order valence-electron chi connectivity index (χ0n) is 12.5. The monoisotopic (exact) mass is 309 g/mol. The molecule has 1 saturated carbocycles. The lowest BCUT2D eigenvalue weighted by Crippen LogP contribution is -2.32. The van der Waals surface area contributed by atoms with Gasteiger partial charge in [0, 0.05) is 18.0 Å². The molecule has 0 bridgehead atoms. The zero-order valence-corrected chi connectivity index (χ0v) is 13.3. The van der Waals surface area contributed by atoms with Crippen molar-refractivity contribution in [3.63, 3.8) is 0 Å². The van der Waals surface area contributed by atoms with Crippen LogP contribution in [0.5, 0.6) is 0 Å². The summed E-state index contributed by atoms with van der Waals surface area (Å²) in [6.45, 7) is 2.04. The van der Waals surface area contributed by atoms with Crippen molar-refractivity contribution in [2.75, 3.05) is 0 Å². The zero-order chi connectivity index (χ0) is 15.3. The lowest BCUT2D eigenvalue weighted by Gasteiger charge is -2.12. The van der Waals surface area contributed by atoms with E-state index in [1.54, 1.807) is 12.1 Å². The summed E-state index contributed by atoms with van der Waals surface area (Å²) in [5.41, 5.74) is 0.586. The standard InChI is InChI=1S/C16H23NO3S/c1-2-3-8-16(18)13-9-11-15(12-10-13)21(19,20)17-14-6-4-5-7-14/h9-12,14,17H,2-8H2,1H3. The van der Waals surface area contributed by atoms with E-state index in [1.165, 1.54) is 12.1 Å². The van der Waals surface area contributed by atoms with Crippen molar-refractivity contribution in [2.24, 2.45) is 0 Å². The summed E-state index contributed by atoms with van der Waals surface area (Å²) in [4.78, 5) is 12.1. The number of ketones is 1. The molecule has 0 atom stereocenters. The fourth-order valence-electron chi connectivity index (χ4n) is 2.63. The minimum atomic E-state index is -3.46. The second-order valence-electron chi connectivity index (χ2n) is 5.65. The van der Waals surface area contributed by atoms with Crippen LogP contribution in [0.4, 0.5) is 0 Å². The van der Waals surface area contributed by atoms with Crippen LogP contribution in [-0.2, 0) is 10.0 Å². The van der Waals surface area contributed by atoms with Gasteiger partial charge in [0.2, 0.25) is 10.0 Å². The molecule has 21 heavy (non-hydrogen) atoms. The third kappa shape index (κ3) is 4.38. The molecular formula is C16H23NO3S. The molecule has 1 aliphatic rings. The summed E-state index contributed by atoms with van der Waals surface area (Å²) in [6.07, 6.45) is 6.34. The number of hydrogen-bond donors (Lipinski definition) is 1. The largest absolute Gasteiger partial charge is 0.294 e. The number of Topliss-reactive ketones (excluding diaryl/α,β-unsaturated/α-hetero) is 1. The molecule has 0 heterocycles. The Morgan fingerprint density at radius 2 is 1.81 bits per heavy atom. The number of nitrogens with one attached hydrogen (secondary N) is 1. The first-order chi connectivity index (χ1) is 10.0. The van der Waals surface area contributed by atoms with Gasteiger partial charge in [-0.05, 0) is 31.4 Å². The van der Waals surface area contributed by atoms with Crippen molar-refractivity contribution in [2.45, 2.75) is 62.8 Å². The number of benzene rings is 1. The lowest BCUT2D eigenvalue weighted by molar-refractivity contribution is 0.0979. The summed E-state index contributed by atoms with van der Waals surface area (Å²) in [6, 6.07) is 6.33. The van der Waals surface area contributed by atoms with Gasteiger partial charge in [0.25, 0.3) is 0 Å². The van der Waals surface area contributed by atoms with Crippen LogP contribution in [0.1, 0.15) is 62.2 Å². The van der Waals surface area contributed by atoms with E-state index in [1.807, 2.05) is 6.92 Å². The van der Waals surface area contributed by atoms with Gasteiger partial charge in [-0.2, -0.15) is 0 Å². The van der Waals surface area contributed by atoms with Gasteiger partial charge >= 0.3 is 0 Å². The normalized spacial score (nSPS) is 16.2. The van der Waals surface area contributed by atoms with Crippen LogP contribution >= 0.6 is 0 Å². The highest BCUT2D eigenvalue weighted by Crippen LogP contribution is 2.20. The summed E-state index contributed by atoms with van der Waals surface area (Å²) in [5.74, 6) is 0.0737. The van der Waals surface area contributed by atoms with Crippen molar-refractivity contribution in [1.29, 1.82) is 0 Å². The van der Waals surface area contributed by atoms with E-state index in [0.717, 1.165) is 38.5 Å². The highest BCUT2D eigenvalue weighted by Gasteiger charge is 2.22. The van der Waals surface area contributed by atoms with E-state index in [2.05, 4.69) is 4.72 Å². The van der Waals surface area contributed by atoms with Crippen LogP contribution in [0.2, 0.25) is 0 Å². The first kappa shape index (κ1) is 16.2. The molecule has 116 valence electrons. The minimum absolute atomic E-state index is 0.0564. The molecule has 5 heteroatoms. The van der Waals surface area contributed by atoms with E-state index in [-0.39, 0.29) is 16.7 Å². The Bertz CT molecular complexity index is 572. The third-order valence-electron chi connectivity index (χ3n) is 3.92. The molecule has 0 unspecified atom stereocenters. The number of carbonyl (C=O) groups is 1. The number of carbonyl (C=O) groups excluding carboxylic acids is 1. The molecule has 1 N–H and O–H groups in total. The molecule has 0 amide bonds. The van der Waals surface area contributed by atoms with Gasteiger partial charge in [0.15, 0.2) is 5.78 Å². The quantitative estimate of drug-likeness (QED) is 0.786. The smallest absolute Gasteiger partial charge is 0.240 e. The van der Waals surface area contributed by atoms with E-state index in [9.17, 15) is 13.2 Å². The molecule has 4 nitrogen and oxygen atoms in total. The van der Waals surface area contributed by atoms with Crippen LogP contribution in [0.3, 0.4) is 0 Å². The maximum Gasteiger partial charge on any atom is 0.240 e. The Kier molecular flexibility index (Phi) is 5.53. The Morgan fingerprint density at radius 3 is 2.38 bits per heavy atom. The summed E-state index contributed by atoms with van der Waals surface area (Å²) < 4.78 is 27.2. The van der Waals surface area contributed by atoms with Gasteiger partial charge in [0.05, 0.1) is 4.90 Å². The van der Waals surface area contributed by atoms with Gasteiger partial charge < -0.3 is 0 Å². The van der Waals surface area contributed by atoms with Crippen molar-refractivity contribution in [3.8, 4) is 0 Å². The fourth-order valence-corrected chi connectivity index (χ4v) is 3.94. The van der Waals surface area contributed by atoms with Gasteiger partial charge in [-0.15, -0.1) is 0 Å². The minimum Gasteiger partial charge on any atom is -0.294 e. The van der Waals surface area contributed by atoms with Crippen LogP contribution in [0.25, 0.3) is 0 Å². The van der Waals surface area contributed by atoms with Crippen molar-refractivity contribution < 1.29 is 13.2 Å². The van der Waals surface area contributed by atoms with Gasteiger partial charge in [-0.1, -0.05) is 38.3 Å². The molecule has 0 aromatic heterocycles. The predicted molar refractivity (Wildman–Crippen MR) is 82.9 cm³/mol. The Labute approximate surface area is 127 Å². The van der Waals surface area contributed by atoms with Crippen LogP contribution in [-0.4, -0.2) is 20.2 Å². The molecule has 0 radical (unpaired) electrons. The average molecular weight is 309 g/mol. The Morgan fingerprint density at radius 1 is 1.19 bits per heavy atom. The third-order valence-corrected chi connectivity index (χ3v) is 5.46. The number of sulfonamides is 1. The fraction of sp³-hybridized carbons (Fsp3) is 0.562. The molecule has 0 aliphatic heterocycles. The lowest BCUT2D eigenvalue weighted by atomic mass is 10.1. The summed E-state index contributed by atoms with van der Waals surface area (Å²) in [7, 11) is -3.46. The van der Waals surface area contributed by atoms with E-state index in [4.69, 9.17) is 0 Å². The van der Waals surface area contributed by atoms with E-state index < -0.39 is 10.0 Å². The summed E-state index contributed by atoms with van der Waals surface area (Å²) >= 11 is 0. The highest BCUT2D eigenvalue weighted by molar-refractivity contribution is 7.89. The maximum absolute atomic E-state index is 12.2. The van der Waals surface area contributed by atoms with Crippen LogP contribution in [0.15, 0.2) is 29.2 Å². The molecule has 2 rings (SSSR count). The van der Waals surface area contributed by atoms with Crippen molar-refractivity contribution in [1.82, 2.24) is 4.72 Å². The second-order valence-corrected chi connectivity index (χ2v) is 7.37. The number of unbranched alkanes of at least 4 members (excludes halogenated alkanes) is 1. The number of hydrogen-bond acceptors (Lipinski definition) is 3. The molecule has 1 aromatic carbocycles. The van der Waals surface area contributed by atoms with Gasteiger partial charge in [-0.3, -0.25) is 4.79 Å². The summed E-state index contributed by atoms with van der Waals surface area (Å²) in [5, 5.41) is 0. The second kappa shape index (κ2) is 7.18. The first-order valence-electron chi connectivity index (χ1n) is 7.68. The topological polar surface area (TPSA) is 63.2 Å². The average Bonchev–Trinajstić information content (AvgIpc) is 2.97. The van der Waals surface area contributed by atoms with Gasteiger partial charge in [0.1, 0.15) is 0 Å². The molecule has 1 aromatic rings. The molecule has 1 fully saturated rings. The Hall–Kier alpha value is -1.20. The van der Waals surface area contributed by atoms with E-state index >= 15 is 0 Å². The van der Waals surface area contributed by atoms with Crippen molar-refractivity contribution >= 4 is 15.8 Å². The maximum atomic E-state index is 12.2. The van der Waals surface area contributed by atoms with Crippen LogP contribution < -0.4 is 4.72 Å². The molecule has 0 saturated heterocycles. The number of rotatable bonds is 7. The molecule has 0 spiro atoms. The predicted octanol–water partition coefficient (Wildman–Crippen LogP) is 3.28.